The first-order valence-corrected chi connectivity index (χ1v) is 6.19. The number of nitrogens with zero attached hydrogens (tertiary/aromatic N) is 1. The highest BCUT2D eigenvalue weighted by atomic mass is 16.2. The van der Waals surface area contributed by atoms with E-state index in [9.17, 15) is 9.59 Å². The summed E-state index contributed by atoms with van der Waals surface area (Å²) in [5.41, 5.74) is 1.75. The molecule has 0 bridgehead atoms. The molecule has 0 aromatic heterocycles. The van der Waals surface area contributed by atoms with Gasteiger partial charge < -0.3 is 10.2 Å². The number of hydrogen-bond donors (Lipinski definition) is 1. The molecule has 1 N–H and O–H groups in total. The van der Waals surface area contributed by atoms with E-state index in [4.69, 9.17) is 0 Å². The third-order valence-corrected chi connectivity index (χ3v) is 3.25. The molecular weight excluding hydrogens is 228 g/mol. The molecule has 1 unspecified atom stereocenters. The maximum Gasteiger partial charge on any atom is 0.251 e. The van der Waals surface area contributed by atoms with Crippen molar-refractivity contribution in [1.82, 2.24) is 10.2 Å². The summed E-state index contributed by atoms with van der Waals surface area (Å²) in [7, 11) is 0. The van der Waals surface area contributed by atoms with Crippen LogP contribution in [0.5, 0.6) is 0 Å². The normalized spacial score (nSPS) is 18.8. The average molecular weight is 246 g/mol. The van der Waals surface area contributed by atoms with Crippen LogP contribution in [0.2, 0.25) is 0 Å². The summed E-state index contributed by atoms with van der Waals surface area (Å²) in [6, 6.07) is 7.58. The van der Waals surface area contributed by atoms with E-state index in [2.05, 4.69) is 5.32 Å². The van der Waals surface area contributed by atoms with Gasteiger partial charge in [0, 0.05) is 31.6 Å². The Hall–Kier alpha value is -1.84. The van der Waals surface area contributed by atoms with E-state index in [1.54, 1.807) is 17.9 Å². The number of amides is 2. The first-order chi connectivity index (χ1) is 8.56. The van der Waals surface area contributed by atoms with Gasteiger partial charge in [-0.3, -0.25) is 9.59 Å². The van der Waals surface area contributed by atoms with Crippen molar-refractivity contribution in [3.63, 3.8) is 0 Å². The zero-order valence-corrected chi connectivity index (χ0v) is 10.8. The molecule has 2 amide bonds. The van der Waals surface area contributed by atoms with Gasteiger partial charge in [0.25, 0.3) is 5.91 Å². The standard InChI is InChI=1S/C14H18N2O2/c1-10-4-3-5-12(8-10)14(18)15-13-6-7-16(9-13)11(2)17/h3-5,8,13H,6-7,9H2,1-2H3,(H,15,18). The van der Waals surface area contributed by atoms with Crippen LogP contribution < -0.4 is 5.32 Å². The maximum atomic E-state index is 12.0. The number of nitrogens with one attached hydrogen (secondary N) is 1. The zero-order chi connectivity index (χ0) is 13.1. The first kappa shape index (κ1) is 12.6. The third kappa shape index (κ3) is 2.88. The lowest BCUT2D eigenvalue weighted by atomic mass is 10.1. The monoisotopic (exact) mass is 246 g/mol. The second kappa shape index (κ2) is 5.21. The molecule has 2 rings (SSSR count). The minimum atomic E-state index is -0.0610. The second-order valence-electron chi connectivity index (χ2n) is 4.79. The van der Waals surface area contributed by atoms with Gasteiger partial charge in [0.05, 0.1) is 0 Å². The van der Waals surface area contributed by atoms with E-state index in [0.717, 1.165) is 18.5 Å². The fraction of sp³-hybridized carbons (Fsp3) is 0.429. The molecule has 1 aliphatic heterocycles. The Bertz CT molecular complexity index is 471. The number of hydrogen-bond acceptors (Lipinski definition) is 2. The van der Waals surface area contributed by atoms with Crippen LogP contribution in [0.25, 0.3) is 0 Å². The summed E-state index contributed by atoms with van der Waals surface area (Å²) < 4.78 is 0. The zero-order valence-electron chi connectivity index (χ0n) is 10.8. The van der Waals surface area contributed by atoms with E-state index < -0.39 is 0 Å². The van der Waals surface area contributed by atoms with Crippen molar-refractivity contribution in [2.24, 2.45) is 0 Å². The summed E-state index contributed by atoms with van der Waals surface area (Å²) in [6.45, 7) is 4.87. The van der Waals surface area contributed by atoms with Crippen molar-refractivity contribution < 1.29 is 9.59 Å². The summed E-state index contributed by atoms with van der Waals surface area (Å²) in [5.74, 6) is 0.0106. The molecule has 0 radical (unpaired) electrons. The highest BCUT2D eigenvalue weighted by Gasteiger charge is 2.25. The van der Waals surface area contributed by atoms with Crippen molar-refractivity contribution in [3.8, 4) is 0 Å². The smallest absolute Gasteiger partial charge is 0.251 e. The van der Waals surface area contributed by atoms with E-state index in [0.29, 0.717) is 12.1 Å². The molecule has 96 valence electrons. The van der Waals surface area contributed by atoms with E-state index in [1.165, 1.54) is 0 Å². The predicted molar refractivity (Wildman–Crippen MR) is 69.3 cm³/mol. The molecule has 0 spiro atoms. The Morgan fingerprint density at radius 3 is 2.78 bits per heavy atom. The number of carbonyl (C=O) groups excluding carboxylic acids is 2. The molecule has 1 aromatic carbocycles. The van der Waals surface area contributed by atoms with Gasteiger partial charge in [-0.1, -0.05) is 17.7 Å². The van der Waals surface area contributed by atoms with E-state index in [1.807, 2.05) is 25.1 Å². The fourth-order valence-electron chi connectivity index (χ4n) is 2.22. The van der Waals surface area contributed by atoms with Crippen LogP contribution in [-0.2, 0) is 4.79 Å². The van der Waals surface area contributed by atoms with Crippen LogP contribution in [0.15, 0.2) is 24.3 Å². The molecule has 1 fully saturated rings. The SMILES string of the molecule is CC(=O)N1CCC(NC(=O)c2cccc(C)c2)C1. The Morgan fingerprint density at radius 1 is 1.39 bits per heavy atom. The van der Waals surface area contributed by atoms with Crippen LogP contribution >= 0.6 is 0 Å². The molecule has 1 saturated heterocycles. The Balaban J connectivity index is 1.95. The largest absolute Gasteiger partial charge is 0.347 e. The van der Waals surface area contributed by atoms with E-state index >= 15 is 0 Å². The third-order valence-electron chi connectivity index (χ3n) is 3.25. The van der Waals surface area contributed by atoms with Gasteiger partial charge in [-0.15, -0.1) is 0 Å². The Labute approximate surface area is 107 Å². The summed E-state index contributed by atoms with van der Waals surface area (Å²) in [5, 5.41) is 2.97. The topological polar surface area (TPSA) is 49.4 Å². The van der Waals surface area contributed by atoms with Crippen molar-refractivity contribution in [2.75, 3.05) is 13.1 Å². The quantitative estimate of drug-likeness (QED) is 0.856. The molecule has 4 heteroatoms. The van der Waals surface area contributed by atoms with Crippen LogP contribution in [0.3, 0.4) is 0 Å². The summed E-state index contributed by atoms with van der Waals surface area (Å²) >= 11 is 0. The number of carbonyl (C=O) groups is 2. The van der Waals surface area contributed by atoms with Gasteiger partial charge in [0.1, 0.15) is 0 Å². The molecule has 1 atom stereocenters. The molecule has 1 aromatic rings. The summed E-state index contributed by atoms with van der Waals surface area (Å²) in [4.78, 5) is 25.0. The average Bonchev–Trinajstić information content (AvgIpc) is 2.77. The van der Waals surface area contributed by atoms with Crippen LogP contribution in [-0.4, -0.2) is 35.8 Å². The van der Waals surface area contributed by atoms with Gasteiger partial charge >= 0.3 is 0 Å². The van der Waals surface area contributed by atoms with Crippen molar-refractivity contribution in [1.29, 1.82) is 0 Å². The second-order valence-corrected chi connectivity index (χ2v) is 4.79. The van der Waals surface area contributed by atoms with Crippen LogP contribution in [0.1, 0.15) is 29.3 Å². The molecule has 18 heavy (non-hydrogen) atoms. The van der Waals surface area contributed by atoms with Crippen molar-refractivity contribution in [3.05, 3.63) is 35.4 Å². The van der Waals surface area contributed by atoms with Crippen LogP contribution in [0, 0.1) is 6.92 Å². The minimum absolute atomic E-state index is 0.0610. The van der Waals surface area contributed by atoms with Crippen LogP contribution in [0.4, 0.5) is 0 Å². The first-order valence-electron chi connectivity index (χ1n) is 6.19. The van der Waals surface area contributed by atoms with Gasteiger partial charge in [0.15, 0.2) is 0 Å². The lowest BCUT2D eigenvalue weighted by molar-refractivity contribution is -0.127. The lowest BCUT2D eigenvalue weighted by Gasteiger charge is -2.15. The number of likely N-dealkylation sites (tertiary alicyclic amines) is 1. The molecule has 1 aliphatic rings. The molecule has 4 nitrogen and oxygen atoms in total. The van der Waals surface area contributed by atoms with Crippen molar-refractivity contribution >= 4 is 11.8 Å². The molecular formula is C14H18N2O2. The number of benzene rings is 1. The maximum absolute atomic E-state index is 12.0. The highest BCUT2D eigenvalue weighted by Crippen LogP contribution is 2.11. The molecule has 1 heterocycles. The minimum Gasteiger partial charge on any atom is -0.347 e. The van der Waals surface area contributed by atoms with Gasteiger partial charge in [-0.25, -0.2) is 0 Å². The van der Waals surface area contributed by atoms with E-state index in [-0.39, 0.29) is 17.9 Å². The predicted octanol–water partition coefficient (Wildman–Crippen LogP) is 1.35. The lowest BCUT2D eigenvalue weighted by Crippen LogP contribution is -2.38. The summed E-state index contributed by atoms with van der Waals surface area (Å²) in [6.07, 6.45) is 0.830. The molecule has 0 saturated carbocycles. The number of aryl methyl sites for hydroxylation is 1. The Kier molecular flexibility index (Phi) is 3.65. The van der Waals surface area contributed by atoms with Crippen molar-refractivity contribution in [2.45, 2.75) is 26.3 Å². The Morgan fingerprint density at radius 2 is 2.17 bits per heavy atom. The molecule has 0 aliphatic carbocycles. The van der Waals surface area contributed by atoms with Gasteiger partial charge in [-0.2, -0.15) is 0 Å². The highest BCUT2D eigenvalue weighted by molar-refractivity contribution is 5.94. The number of rotatable bonds is 2. The van der Waals surface area contributed by atoms with Gasteiger partial charge in [0.2, 0.25) is 5.91 Å². The van der Waals surface area contributed by atoms with Gasteiger partial charge in [-0.05, 0) is 25.5 Å². The fourth-order valence-corrected chi connectivity index (χ4v) is 2.22.